The molecule has 0 radical (unpaired) electrons. The van der Waals surface area contributed by atoms with E-state index in [1.54, 1.807) is 11.6 Å². The smallest absolute Gasteiger partial charge is 0.227 e. The quantitative estimate of drug-likeness (QED) is 0.173. The number of hydrogen-bond acceptors (Lipinski definition) is 7. The van der Waals surface area contributed by atoms with Crippen LogP contribution in [0.25, 0.3) is 0 Å². The molecule has 0 aliphatic carbocycles. The maximum atomic E-state index is 12.8. The fourth-order valence-corrected chi connectivity index (χ4v) is 5.62. The fourth-order valence-electron chi connectivity index (χ4n) is 4.51. The Balaban J connectivity index is 1.63. The van der Waals surface area contributed by atoms with Crippen molar-refractivity contribution in [1.29, 1.82) is 0 Å². The van der Waals surface area contributed by atoms with Gasteiger partial charge in [-0.2, -0.15) is 4.98 Å². The molecule has 202 valence electrons. The number of unbranched alkanes of at least 4 members (excludes halogenated alkanes) is 3. The number of hydrogen-bond donors (Lipinski definition) is 1. The third-order valence-electron chi connectivity index (χ3n) is 6.37. The molecule has 0 amide bonds. The second kappa shape index (κ2) is 13.2. The molecular formula is C29H35ClN4O3S. The predicted octanol–water partition coefficient (Wildman–Crippen LogP) is 7.46. The zero-order valence-corrected chi connectivity index (χ0v) is 24.0. The minimum Gasteiger partial charge on any atom is -0.490 e. The summed E-state index contributed by atoms with van der Waals surface area (Å²) in [4.78, 5) is 17.5. The third kappa shape index (κ3) is 6.53. The van der Waals surface area contributed by atoms with Crippen molar-refractivity contribution < 1.29 is 14.3 Å². The standard InChI is InChI=1S/C29H35ClN4O3S/c1-5-7-8-11-16-37-24-15-14-21(17-25(24)36-6-2)27-26(20(4)35)19(3)31-28-32-29(33-34(27)28)38-18-22-12-9-10-13-23(22)30/h9-10,12-15,17,27H,5-8,11,16,18H2,1-4H3,(H,31,32,33). The molecule has 1 aromatic heterocycles. The first-order valence-electron chi connectivity index (χ1n) is 13.1. The van der Waals surface area contributed by atoms with Gasteiger partial charge in [0.05, 0.1) is 13.2 Å². The number of anilines is 1. The molecule has 1 N–H and O–H groups in total. The summed E-state index contributed by atoms with van der Waals surface area (Å²) in [7, 11) is 0. The Kier molecular flexibility index (Phi) is 9.74. The molecule has 1 aliphatic heterocycles. The summed E-state index contributed by atoms with van der Waals surface area (Å²) in [5.41, 5.74) is 3.30. The molecule has 2 aromatic carbocycles. The molecule has 0 fully saturated rings. The molecule has 3 aromatic rings. The fraction of sp³-hybridized carbons (Fsp3) is 0.414. The SMILES string of the molecule is CCCCCCOc1ccc(C2C(C(C)=O)=C(C)Nc3nc(SCc4ccccc4Cl)nn32)cc1OCC. The highest BCUT2D eigenvalue weighted by Crippen LogP contribution is 2.40. The molecule has 4 rings (SSSR count). The summed E-state index contributed by atoms with van der Waals surface area (Å²) >= 11 is 7.84. The molecule has 0 bridgehead atoms. The van der Waals surface area contributed by atoms with E-state index in [4.69, 9.17) is 31.2 Å². The van der Waals surface area contributed by atoms with Crippen molar-refractivity contribution in [2.75, 3.05) is 18.5 Å². The van der Waals surface area contributed by atoms with Gasteiger partial charge in [0.15, 0.2) is 17.3 Å². The normalized spacial score (nSPS) is 14.7. The summed E-state index contributed by atoms with van der Waals surface area (Å²) in [6.07, 6.45) is 4.54. The summed E-state index contributed by atoms with van der Waals surface area (Å²) in [6, 6.07) is 13.2. The van der Waals surface area contributed by atoms with Crippen LogP contribution in [0.4, 0.5) is 5.95 Å². The van der Waals surface area contributed by atoms with E-state index < -0.39 is 6.04 Å². The van der Waals surface area contributed by atoms with E-state index >= 15 is 0 Å². The zero-order chi connectivity index (χ0) is 27.1. The van der Waals surface area contributed by atoms with Gasteiger partial charge in [-0.3, -0.25) is 4.79 Å². The van der Waals surface area contributed by atoms with Crippen molar-refractivity contribution in [3.63, 3.8) is 0 Å². The largest absolute Gasteiger partial charge is 0.490 e. The highest BCUT2D eigenvalue weighted by atomic mass is 35.5. The first-order chi connectivity index (χ1) is 18.4. The number of ketones is 1. The van der Waals surface area contributed by atoms with Crippen LogP contribution in [-0.2, 0) is 10.5 Å². The lowest BCUT2D eigenvalue weighted by Gasteiger charge is -2.28. The number of Topliss-reactive ketones (excluding diaryl/α,β-unsaturated/α-hetero) is 1. The van der Waals surface area contributed by atoms with Gasteiger partial charge in [0.2, 0.25) is 11.1 Å². The van der Waals surface area contributed by atoms with Gasteiger partial charge in [0.25, 0.3) is 0 Å². The van der Waals surface area contributed by atoms with E-state index in [2.05, 4.69) is 12.2 Å². The van der Waals surface area contributed by atoms with Crippen molar-refractivity contribution in [2.45, 2.75) is 70.3 Å². The highest BCUT2D eigenvalue weighted by molar-refractivity contribution is 7.98. The molecule has 1 aliphatic rings. The Labute approximate surface area is 234 Å². The van der Waals surface area contributed by atoms with Gasteiger partial charge >= 0.3 is 0 Å². The number of carbonyl (C=O) groups excluding carboxylic acids is 1. The van der Waals surface area contributed by atoms with Crippen molar-refractivity contribution >= 4 is 35.1 Å². The van der Waals surface area contributed by atoms with Crippen LogP contribution in [0.1, 0.15) is 70.5 Å². The van der Waals surface area contributed by atoms with Crippen LogP contribution in [0.5, 0.6) is 11.5 Å². The number of benzene rings is 2. The van der Waals surface area contributed by atoms with Crippen molar-refractivity contribution in [1.82, 2.24) is 14.8 Å². The molecule has 9 heteroatoms. The number of ether oxygens (including phenoxy) is 2. The Hall–Kier alpha value is -2.97. The van der Waals surface area contributed by atoms with Crippen LogP contribution < -0.4 is 14.8 Å². The van der Waals surface area contributed by atoms with Crippen LogP contribution in [0, 0.1) is 0 Å². The van der Waals surface area contributed by atoms with Crippen LogP contribution in [0.2, 0.25) is 5.02 Å². The number of aromatic nitrogens is 3. The minimum atomic E-state index is -0.441. The second-order valence-electron chi connectivity index (χ2n) is 9.21. The van der Waals surface area contributed by atoms with Gasteiger partial charge in [-0.05, 0) is 56.5 Å². The number of rotatable bonds is 13. The third-order valence-corrected chi connectivity index (χ3v) is 7.62. The average molecular weight is 555 g/mol. The summed E-state index contributed by atoms with van der Waals surface area (Å²) in [5.74, 6) is 2.57. The van der Waals surface area contributed by atoms with E-state index in [0.29, 0.717) is 52.2 Å². The van der Waals surface area contributed by atoms with Gasteiger partial charge in [0, 0.05) is 22.0 Å². The Bertz CT molecular complexity index is 1310. The Morgan fingerprint density at radius 2 is 1.92 bits per heavy atom. The molecule has 0 spiro atoms. The second-order valence-corrected chi connectivity index (χ2v) is 10.6. The molecule has 2 heterocycles. The molecular weight excluding hydrogens is 520 g/mol. The molecule has 1 unspecified atom stereocenters. The van der Waals surface area contributed by atoms with Gasteiger partial charge < -0.3 is 14.8 Å². The van der Waals surface area contributed by atoms with Crippen LogP contribution in [-0.4, -0.2) is 33.8 Å². The number of nitrogens with zero attached hydrogens (tertiary/aromatic N) is 3. The van der Waals surface area contributed by atoms with E-state index in [0.717, 1.165) is 29.7 Å². The summed E-state index contributed by atoms with van der Waals surface area (Å²) < 4.78 is 13.8. The van der Waals surface area contributed by atoms with Gasteiger partial charge in [0.1, 0.15) is 6.04 Å². The first kappa shape index (κ1) is 28.0. The van der Waals surface area contributed by atoms with Crippen molar-refractivity contribution in [3.05, 3.63) is 69.9 Å². The number of fused-ring (bicyclic) bond motifs is 1. The van der Waals surface area contributed by atoms with E-state index in [1.807, 2.05) is 56.3 Å². The number of carbonyl (C=O) groups is 1. The van der Waals surface area contributed by atoms with Crippen LogP contribution in [0.15, 0.2) is 58.9 Å². The van der Waals surface area contributed by atoms with Crippen LogP contribution >= 0.6 is 23.4 Å². The molecule has 1 atom stereocenters. The number of thioether (sulfide) groups is 1. The average Bonchev–Trinajstić information content (AvgIpc) is 3.30. The van der Waals surface area contributed by atoms with Gasteiger partial charge in [-0.15, -0.1) is 5.10 Å². The van der Waals surface area contributed by atoms with E-state index in [9.17, 15) is 4.79 Å². The van der Waals surface area contributed by atoms with Gasteiger partial charge in [-0.1, -0.05) is 73.8 Å². The summed E-state index contributed by atoms with van der Waals surface area (Å²) in [5, 5.41) is 9.39. The predicted molar refractivity (Wildman–Crippen MR) is 153 cm³/mol. The van der Waals surface area contributed by atoms with E-state index in [-0.39, 0.29) is 5.78 Å². The van der Waals surface area contributed by atoms with Crippen LogP contribution in [0.3, 0.4) is 0 Å². The molecule has 0 saturated carbocycles. The first-order valence-corrected chi connectivity index (χ1v) is 14.5. The lowest BCUT2D eigenvalue weighted by Crippen LogP contribution is -2.27. The Morgan fingerprint density at radius 3 is 2.66 bits per heavy atom. The monoisotopic (exact) mass is 554 g/mol. The van der Waals surface area contributed by atoms with Crippen molar-refractivity contribution in [2.24, 2.45) is 0 Å². The summed E-state index contributed by atoms with van der Waals surface area (Å²) in [6.45, 7) is 8.78. The van der Waals surface area contributed by atoms with Crippen molar-refractivity contribution in [3.8, 4) is 11.5 Å². The van der Waals surface area contributed by atoms with E-state index in [1.165, 1.54) is 24.6 Å². The number of halogens is 1. The number of nitrogens with one attached hydrogen (secondary N) is 1. The molecule has 0 saturated heterocycles. The maximum Gasteiger partial charge on any atom is 0.227 e. The van der Waals surface area contributed by atoms with Gasteiger partial charge in [-0.25, -0.2) is 4.68 Å². The molecule has 7 nitrogen and oxygen atoms in total. The highest BCUT2D eigenvalue weighted by Gasteiger charge is 2.33. The minimum absolute atomic E-state index is 0.0272. The maximum absolute atomic E-state index is 12.8. The Morgan fingerprint density at radius 1 is 1.11 bits per heavy atom. The lowest BCUT2D eigenvalue weighted by molar-refractivity contribution is -0.114. The number of allylic oxidation sites excluding steroid dienone is 2. The zero-order valence-electron chi connectivity index (χ0n) is 22.4. The lowest BCUT2D eigenvalue weighted by atomic mass is 9.93. The topological polar surface area (TPSA) is 78.3 Å². The molecule has 38 heavy (non-hydrogen) atoms.